The maximum absolute atomic E-state index is 4.70. The minimum absolute atomic E-state index is 0. The normalized spacial score (nSPS) is 16.3. The number of hydrogen-bond donors (Lipinski definition) is 2. The standard InChI is InChI=1S/C15H32N4.HI/c1-4-12-19(6-3)13-11-17-15(16-5-2)18-14-9-7-8-10-14;/h14H,4-13H2,1-3H3,(H2,16,17,18);1H. The molecule has 4 nitrogen and oxygen atoms in total. The quantitative estimate of drug-likeness (QED) is 0.377. The minimum Gasteiger partial charge on any atom is -0.357 e. The Morgan fingerprint density at radius 3 is 2.40 bits per heavy atom. The molecule has 1 fully saturated rings. The van der Waals surface area contributed by atoms with E-state index in [1.807, 2.05) is 0 Å². The first-order chi connectivity index (χ1) is 9.30. The summed E-state index contributed by atoms with van der Waals surface area (Å²) < 4.78 is 0. The molecule has 0 amide bonds. The van der Waals surface area contributed by atoms with Gasteiger partial charge in [0.15, 0.2) is 5.96 Å². The molecular weight excluding hydrogens is 363 g/mol. The average Bonchev–Trinajstić information content (AvgIpc) is 2.90. The molecule has 0 heterocycles. The lowest BCUT2D eigenvalue weighted by Gasteiger charge is -2.20. The number of nitrogens with zero attached hydrogens (tertiary/aromatic N) is 2. The summed E-state index contributed by atoms with van der Waals surface area (Å²) in [6.07, 6.45) is 6.52. The zero-order valence-electron chi connectivity index (χ0n) is 13.5. The van der Waals surface area contributed by atoms with Crippen molar-refractivity contribution in [3.8, 4) is 0 Å². The number of hydrogen-bond acceptors (Lipinski definition) is 2. The van der Waals surface area contributed by atoms with Gasteiger partial charge in [0, 0.05) is 19.1 Å². The van der Waals surface area contributed by atoms with Crippen molar-refractivity contribution in [3.05, 3.63) is 0 Å². The van der Waals surface area contributed by atoms with Crippen LogP contribution in [0.25, 0.3) is 0 Å². The number of rotatable bonds is 8. The fraction of sp³-hybridized carbons (Fsp3) is 0.933. The molecule has 5 heteroatoms. The molecule has 20 heavy (non-hydrogen) atoms. The molecule has 0 aromatic carbocycles. The zero-order chi connectivity index (χ0) is 13.9. The van der Waals surface area contributed by atoms with E-state index in [1.165, 1.54) is 38.6 Å². The minimum atomic E-state index is 0. The van der Waals surface area contributed by atoms with Crippen LogP contribution in [-0.4, -0.2) is 49.6 Å². The predicted molar refractivity (Wildman–Crippen MR) is 99.2 cm³/mol. The van der Waals surface area contributed by atoms with Crippen molar-refractivity contribution in [3.63, 3.8) is 0 Å². The van der Waals surface area contributed by atoms with Crippen LogP contribution >= 0.6 is 24.0 Å². The van der Waals surface area contributed by atoms with Crippen LogP contribution in [0.5, 0.6) is 0 Å². The van der Waals surface area contributed by atoms with Crippen molar-refractivity contribution in [2.45, 2.75) is 58.9 Å². The molecule has 1 saturated carbocycles. The van der Waals surface area contributed by atoms with Gasteiger partial charge in [0.25, 0.3) is 0 Å². The molecule has 0 aromatic heterocycles. The van der Waals surface area contributed by atoms with Crippen molar-refractivity contribution < 1.29 is 0 Å². The molecule has 0 saturated heterocycles. The summed E-state index contributed by atoms with van der Waals surface area (Å²) in [5, 5.41) is 6.91. The number of nitrogens with one attached hydrogen (secondary N) is 2. The van der Waals surface area contributed by atoms with Gasteiger partial charge < -0.3 is 15.5 Å². The Balaban J connectivity index is 0.00000361. The molecule has 0 atom stereocenters. The van der Waals surface area contributed by atoms with E-state index in [2.05, 4.69) is 36.3 Å². The van der Waals surface area contributed by atoms with Crippen molar-refractivity contribution in [2.24, 2.45) is 4.99 Å². The molecule has 0 bridgehead atoms. The summed E-state index contributed by atoms with van der Waals surface area (Å²) in [5.74, 6) is 1.00. The second-order valence-electron chi connectivity index (χ2n) is 5.32. The SMILES string of the molecule is CCCN(CC)CCN=C(NCC)NC1CCCC1.I. The largest absolute Gasteiger partial charge is 0.357 e. The van der Waals surface area contributed by atoms with Gasteiger partial charge in [-0.3, -0.25) is 4.99 Å². The third kappa shape index (κ3) is 8.29. The van der Waals surface area contributed by atoms with Gasteiger partial charge in [0.2, 0.25) is 0 Å². The van der Waals surface area contributed by atoms with Gasteiger partial charge >= 0.3 is 0 Å². The van der Waals surface area contributed by atoms with E-state index >= 15 is 0 Å². The van der Waals surface area contributed by atoms with E-state index < -0.39 is 0 Å². The van der Waals surface area contributed by atoms with Gasteiger partial charge in [-0.05, 0) is 39.3 Å². The van der Waals surface area contributed by atoms with Crippen molar-refractivity contribution >= 4 is 29.9 Å². The molecular formula is C15H33IN4. The lowest BCUT2D eigenvalue weighted by atomic mass is 10.2. The summed E-state index contributed by atoms with van der Waals surface area (Å²) in [7, 11) is 0. The highest BCUT2D eigenvalue weighted by atomic mass is 127. The van der Waals surface area contributed by atoms with Crippen molar-refractivity contribution in [2.75, 3.05) is 32.7 Å². The van der Waals surface area contributed by atoms with E-state index in [1.54, 1.807) is 0 Å². The first-order valence-electron chi connectivity index (χ1n) is 8.07. The Bertz CT molecular complexity index is 252. The maximum atomic E-state index is 4.70. The fourth-order valence-electron chi connectivity index (χ4n) is 2.63. The van der Waals surface area contributed by atoms with Crippen LogP contribution in [0.1, 0.15) is 52.9 Å². The van der Waals surface area contributed by atoms with Crippen molar-refractivity contribution in [1.82, 2.24) is 15.5 Å². The second-order valence-corrected chi connectivity index (χ2v) is 5.32. The number of likely N-dealkylation sites (N-methyl/N-ethyl adjacent to an activating group) is 1. The van der Waals surface area contributed by atoms with E-state index in [4.69, 9.17) is 4.99 Å². The summed E-state index contributed by atoms with van der Waals surface area (Å²) in [4.78, 5) is 7.16. The van der Waals surface area contributed by atoms with Crippen LogP contribution in [0.15, 0.2) is 4.99 Å². The topological polar surface area (TPSA) is 39.7 Å². The molecule has 1 aliphatic rings. The monoisotopic (exact) mass is 396 g/mol. The molecule has 0 unspecified atom stereocenters. The molecule has 0 aromatic rings. The van der Waals surface area contributed by atoms with Crippen LogP contribution in [0.3, 0.4) is 0 Å². The summed E-state index contributed by atoms with van der Waals surface area (Å²) in [6, 6.07) is 0.635. The first kappa shape index (κ1) is 20.0. The number of aliphatic imine (C=N–C) groups is 1. The average molecular weight is 396 g/mol. The summed E-state index contributed by atoms with van der Waals surface area (Å²) in [6.45, 7) is 11.8. The maximum Gasteiger partial charge on any atom is 0.191 e. The van der Waals surface area contributed by atoms with E-state index in [9.17, 15) is 0 Å². The van der Waals surface area contributed by atoms with Gasteiger partial charge in [-0.2, -0.15) is 0 Å². The van der Waals surface area contributed by atoms with Gasteiger partial charge in [0.1, 0.15) is 0 Å². The molecule has 120 valence electrons. The molecule has 2 N–H and O–H groups in total. The molecule has 1 aliphatic carbocycles. The first-order valence-corrected chi connectivity index (χ1v) is 8.07. The van der Waals surface area contributed by atoms with E-state index in [0.29, 0.717) is 6.04 Å². The third-order valence-corrected chi connectivity index (χ3v) is 3.71. The van der Waals surface area contributed by atoms with Crippen LogP contribution in [0.2, 0.25) is 0 Å². The Hall–Kier alpha value is -0.0400. The van der Waals surface area contributed by atoms with Crippen LogP contribution < -0.4 is 10.6 Å². The summed E-state index contributed by atoms with van der Waals surface area (Å²) >= 11 is 0. The molecule has 0 spiro atoms. The summed E-state index contributed by atoms with van der Waals surface area (Å²) in [5.41, 5.74) is 0. The van der Waals surface area contributed by atoms with Crippen LogP contribution in [0, 0.1) is 0 Å². The smallest absolute Gasteiger partial charge is 0.191 e. The third-order valence-electron chi connectivity index (χ3n) is 3.71. The molecule has 1 rings (SSSR count). The lowest BCUT2D eigenvalue weighted by molar-refractivity contribution is 0.297. The van der Waals surface area contributed by atoms with Crippen LogP contribution in [-0.2, 0) is 0 Å². The Kier molecular flexibility index (Phi) is 12.7. The Labute approximate surface area is 142 Å². The number of halogens is 1. The molecule has 0 aliphatic heterocycles. The molecule has 0 radical (unpaired) electrons. The zero-order valence-corrected chi connectivity index (χ0v) is 15.8. The predicted octanol–water partition coefficient (Wildman–Crippen LogP) is 2.83. The Morgan fingerprint density at radius 2 is 1.85 bits per heavy atom. The van der Waals surface area contributed by atoms with Gasteiger partial charge in [0.05, 0.1) is 6.54 Å². The Morgan fingerprint density at radius 1 is 1.15 bits per heavy atom. The highest BCUT2D eigenvalue weighted by Gasteiger charge is 2.15. The van der Waals surface area contributed by atoms with Crippen molar-refractivity contribution in [1.29, 1.82) is 0 Å². The number of guanidine groups is 1. The van der Waals surface area contributed by atoms with Gasteiger partial charge in [-0.1, -0.05) is 26.7 Å². The van der Waals surface area contributed by atoms with E-state index in [0.717, 1.165) is 32.1 Å². The fourth-order valence-corrected chi connectivity index (χ4v) is 2.63. The second kappa shape index (κ2) is 12.7. The van der Waals surface area contributed by atoms with Gasteiger partial charge in [-0.25, -0.2) is 0 Å². The highest BCUT2D eigenvalue weighted by molar-refractivity contribution is 14.0. The highest BCUT2D eigenvalue weighted by Crippen LogP contribution is 2.17. The van der Waals surface area contributed by atoms with Gasteiger partial charge in [-0.15, -0.1) is 24.0 Å². The lowest BCUT2D eigenvalue weighted by Crippen LogP contribution is -2.42. The van der Waals surface area contributed by atoms with E-state index in [-0.39, 0.29) is 24.0 Å². The van der Waals surface area contributed by atoms with Crippen LogP contribution in [0.4, 0.5) is 0 Å².